The van der Waals surface area contributed by atoms with Gasteiger partial charge in [0, 0.05) is 26.9 Å². The maximum atomic E-state index is 13.8. The molecule has 0 aliphatic carbocycles. The molecule has 2 bridgehead atoms. The van der Waals surface area contributed by atoms with Gasteiger partial charge < -0.3 is 5.11 Å². The number of hydrogen-bond donors (Lipinski definition) is 1. The molecule has 2 atom stereocenters. The molecule has 1 N–H and O–H groups in total. The summed E-state index contributed by atoms with van der Waals surface area (Å²) in [7, 11) is -1.01. The minimum atomic E-state index is -1.56. The Balaban J connectivity index is 2.03. The van der Waals surface area contributed by atoms with Crippen molar-refractivity contribution in [3.8, 4) is 0 Å². The Kier molecular flexibility index (Phi) is 2.98. The quantitative estimate of drug-likeness (QED) is 0.806. The molecule has 0 aromatic heterocycles. The van der Waals surface area contributed by atoms with Gasteiger partial charge in [-0.1, -0.05) is 6.07 Å². The van der Waals surface area contributed by atoms with Crippen LogP contribution >= 0.6 is 0 Å². The van der Waals surface area contributed by atoms with Crippen LogP contribution in [0.4, 0.5) is 13.2 Å². The first kappa shape index (κ1) is 13.1. The highest BCUT2D eigenvalue weighted by molar-refractivity contribution is 7.86. The largest absolute Gasteiger partial charge is 0.385 e. The van der Waals surface area contributed by atoms with Crippen LogP contribution in [0.1, 0.15) is 31.2 Å². The average Bonchev–Trinajstić information content (AvgIpc) is 2.60. The lowest BCUT2D eigenvalue weighted by Gasteiger charge is -2.36. The first-order chi connectivity index (χ1) is 8.92. The summed E-state index contributed by atoms with van der Waals surface area (Å²) in [6, 6.07) is 1.90. The van der Waals surface area contributed by atoms with Crippen LogP contribution in [0.25, 0.3) is 0 Å². The molecule has 2 fully saturated rings. The van der Waals surface area contributed by atoms with Crippen molar-refractivity contribution in [2.24, 2.45) is 0 Å². The van der Waals surface area contributed by atoms with Gasteiger partial charge in [0.2, 0.25) is 0 Å². The standard InChI is InChI=1S/C13H13F3O2S/c14-10-4-3-9(11(15)12(10)16)13(17)5-7-1-2-8(6-13)19(7)18/h3-4,7-8,17H,1-2,5-6H2. The number of benzene rings is 1. The summed E-state index contributed by atoms with van der Waals surface area (Å²) in [5.74, 6) is -4.17. The van der Waals surface area contributed by atoms with Crippen LogP contribution < -0.4 is 0 Å². The summed E-state index contributed by atoms with van der Waals surface area (Å²) in [5, 5.41) is 10.2. The lowest BCUT2D eigenvalue weighted by molar-refractivity contribution is 0.0143. The third-order valence-corrected chi connectivity index (χ3v) is 6.25. The van der Waals surface area contributed by atoms with Gasteiger partial charge in [-0.15, -0.1) is 0 Å². The van der Waals surface area contributed by atoms with E-state index in [9.17, 15) is 22.5 Å². The van der Waals surface area contributed by atoms with E-state index in [2.05, 4.69) is 0 Å². The first-order valence-electron chi connectivity index (χ1n) is 6.18. The summed E-state index contributed by atoms with van der Waals surface area (Å²) in [4.78, 5) is 0. The van der Waals surface area contributed by atoms with Crippen molar-refractivity contribution in [2.45, 2.75) is 41.8 Å². The van der Waals surface area contributed by atoms with E-state index in [1.807, 2.05) is 0 Å². The van der Waals surface area contributed by atoms with Gasteiger partial charge in [0.15, 0.2) is 17.5 Å². The van der Waals surface area contributed by atoms with E-state index in [1.54, 1.807) is 0 Å². The topological polar surface area (TPSA) is 37.3 Å². The molecule has 0 spiro atoms. The Hall–Kier alpha value is -0.880. The lowest BCUT2D eigenvalue weighted by atomic mass is 9.85. The van der Waals surface area contributed by atoms with Gasteiger partial charge in [-0.3, -0.25) is 4.21 Å². The highest BCUT2D eigenvalue weighted by Crippen LogP contribution is 2.46. The fraction of sp³-hybridized carbons (Fsp3) is 0.538. The summed E-state index contributed by atoms with van der Waals surface area (Å²) < 4.78 is 51.9. The van der Waals surface area contributed by atoms with E-state index in [-0.39, 0.29) is 28.9 Å². The van der Waals surface area contributed by atoms with Crippen molar-refractivity contribution in [1.82, 2.24) is 0 Å². The second-order valence-corrected chi connectivity index (χ2v) is 7.30. The van der Waals surface area contributed by atoms with Crippen molar-refractivity contribution in [2.75, 3.05) is 0 Å². The summed E-state index contributed by atoms with van der Waals surface area (Å²) in [5.41, 5.74) is -1.77. The van der Waals surface area contributed by atoms with E-state index in [1.165, 1.54) is 0 Å². The van der Waals surface area contributed by atoms with Crippen molar-refractivity contribution < 1.29 is 22.5 Å². The minimum Gasteiger partial charge on any atom is -0.385 e. The fourth-order valence-electron chi connectivity index (χ4n) is 3.19. The van der Waals surface area contributed by atoms with Crippen molar-refractivity contribution in [3.05, 3.63) is 35.1 Å². The third kappa shape index (κ3) is 1.92. The van der Waals surface area contributed by atoms with Crippen molar-refractivity contribution in [3.63, 3.8) is 0 Å². The highest BCUT2D eigenvalue weighted by atomic mass is 32.2. The first-order valence-corrected chi connectivity index (χ1v) is 7.46. The van der Waals surface area contributed by atoms with Crippen molar-refractivity contribution in [1.29, 1.82) is 0 Å². The number of rotatable bonds is 1. The molecule has 2 saturated heterocycles. The molecule has 0 saturated carbocycles. The Bertz CT molecular complexity index is 545. The molecule has 2 unspecified atom stereocenters. The molecular formula is C13H13F3O2S. The van der Waals surface area contributed by atoms with E-state index in [4.69, 9.17) is 0 Å². The van der Waals surface area contributed by atoms with Crippen LogP contribution in [0.15, 0.2) is 12.1 Å². The number of halogens is 3. The van der Waals surface area contributed by atoms with Gasteiger partial charge in [0.25, 0.3) is 0 Å². The zero-order valence-electron chi connectivity index (χ0n) is 10.0. The van der Waals surface area contributed by atoms with E-state index in [0.29, 0.717) is 0 Å². The molecule has 2 nitrogen and oxygen atoms in total. The predicted molar refractivity (Wildman–Crippen MR) is 64.4 cm³/mol. The molecule has 0 amide bonds. The SMILES string of the molecule is O=S1C2CCC1CC(O)(c1ccc(F)c(F)c1F)C2. The van der Waals surface area contributed by atoms with Crippen LogP contribution in [0, 0.1) is 17.5 Å². The smallest absolute Gasteiger partial charge is 0.194 e. The Morgan fingerprint density at radius 2 is 1.68 bits per heavy atom. The minimum absolute atomic E-state index is 0.137. The Labute approximate surface area is 111 Å². The van der Waals surface area contributed by atoms with Crippen LogP contribution in [-0.4, -0.2) is 19.8 Å². The molecule has 3 rings (SSSR count). The van der Waals surface area contributed by atoms with E-state index >= 15 is 0 Å². The van der Waals surface area contributed by atoms with Crippen LogP contribution in [0.5, 0.6) is 0 Å². The number of aliphatic hydroxyl groups is 1. The van der Waals surface area contributed by atoms with Gasteiger partial charge in [-0.25, -0.2) is 13.2 Å². The molecule has 0 radical (unpaired) electrons. The normalized spacial score (nSPS) is 37.6. The molecule has 1 aromatic rings. The molecule has 2 aliphatic rings. The molecule has 19 heavy (non-hydrogen) atoms. The van der Waals surface area contributed by atoms with Gasteiger partial charge >= 0.3 is 0 Å². The predicted octanol–water partition coefficient (Wildman–Crippen LogP) is 2.37. The molecule has 2 heterocycles. The van der Waals surface area contributed by atoms with Crippen LogP contribution in [0.3, 0.4) is 0 Å². The zero-order chi connectivity index (χ0) is 13.8. The monoisotopic (exact) mass is 290 g/mol. The van der Waals surface area contributed by atoms with Gasteiger partial charge in [0.1, 0.15) is 0 Å². The average molecular weight is 290 g/mol. The van der Waals surface area contributed by atoms with E-state index in [0.717, 1.165) is 25.0 Å². The molecule has 1 aromatic carbocycles. The maximum Gasteiger partial charge on any atom is 0.194 e. The number of fused-ring (bicyclic) bond motifs is 2. The van der Waals surface area contributed by atoms with E-state index < -0.39 is 33.9 Å². The maximum absolute atomic E-state index is 13.8. The summed E-state index contributed by atoms with van der Waals surface area (Å²) in [6.07, 6.45) is 1.73. The number of hydrogen-bond acceptors (Lipinski definition) is 2. The second kappa shape index (κ2) is 4.31. The summed E-state index contributed by atoms with van der Waals surface area (Å²) >= 11 is 0. The molecule has 2 aliphatic heterocycles. The Morgan fingerprint density at radius 1 is 1.11 bits per heavy atom. The van der Waals surface area contributed by atoms with Gasteiger partial charge in [0.05, 0.1) is 5.60 Å². The van der Waals surface area contributed by atoms with Gasteiger partial charge in [-0.2, -0.15) is 0 Å². The Morgan fingerprint density at radius 3 is 2.26 bits per heavy atom. The lowest BCUT2D eigenvalue weighted by Crippen LogP contribution is -2.41. The van der Waals surface area contributed by atoms with Crippen LogP contribution in [0.2, 0.25) is 0 Å². The van der Waals surface area contributed by atoms with Gasteiger partial charge in [-0.05, 0) is 31.7 Å². The molecule has 6 heteroatoms. The zero-order valence-corrected chi connectivity index (χ0v) is 10.9. The molecular weight excluding hydrogens is 277 g/mol. The van der Waals surface area contributed by atoms with Crippen LogP contribution in [-0.2, 0) is 16.4 Å². The second-order valence-electron chi connectivity index (χ2n) is 5.31. The summed E-state index contributed by atoms with van der Waals surface area (Å²) in [6.45, 7) is 0. The third-order valence-electron chi connectivity index (χ3n) is 4.13. The highest BCUT2D eigenvalue weighted by Gasteiger charge is 2.49. The molecule has 104 valence electrons. The van der Waals surface area contributed by atoms with Crippen molar-refractivity contribution >= 4 is 10.8 Å². The fourth-order valence-corrected chi connectivity index (χ4v) is 5.35.